The standard InChI is InChI=1S/C20H13N3O3S2/c24-20-22(15-5-2-1-3-6-15)19(27)18(28-20)13-17-7-4-12-21(17)14-8-10-16(11-9-14)23(25)26/h1-13H. The van der Waals surface area contributed by atoms with Gasteiger partial charge in [-0.2, -0.15) is 0 Å². The van der Waals surface area contributed by atoms with E-state index in [0.29, 0.717) is 9.89 Å². The minimum atomic E-state index is -0.431. The van der Waals surface area contributed by atoms with Crippen molar-refractivity contribution in [3.05, 3.63) is 93.6 Å². The monoisotopic (exact) mass is 407 g/mol. The molecule has 3 aromatic rings. The van der Waals surface area contributed by atoms with Crippen molar-refractivity contribution in [1.82, 2.24) is 4.57 Å². The van der Waals surface area contributed by atoms with Gasteiger partial charge in [0, 0.05) is 29.7 Å². The van der Waals surface area contributed by atoms with Gasteiger partial charge in [0.25, 0.3) is 10.9 Å². The number of aromatic nitrogens is 1. The number of hydrogen-bond acceptors (Lipinski definition) is 5. The van der Waals surface area contributed by atoms with Crippen LogP contribution in [0.4, 0.5) is 16.2 Å². The summed E-state index contributed by atoms with van der Waals surface area (Å²) in [5.41, 5.74) is 2.37. The highest BCUT2D eigenvalue weighted by Gasteiger charge is 2.33. The maximum atomic E-state index is 12.5. The Balaban J connectivity index is 1.66. The smallest absolute Gasteiger partial charge is 0.296 e. The highest BCUT2D eigenvalue weighted by atomic mass is 32.2. The van der Waals surface area contributed by atoms with Gasteiger partial charge in [0.2, 0.25) is 0 Å². The van der Waals surface area contributed by atoms with E-state index in [-0.39, 0.29) is 10.9 Å². The lowest BCUT2D eigenvalue weighted by molar-refractivity contribution is -0.384. The average Bonchev–Trinajstić information content (AvgIpc) is 3.27. The lowest BCUT2D eigenvalue weighted by atomic mass is 10.2. The molecule has 1 aromatic heterocycles. The third kappa shape index (κ3) is 3.35. The number of nitro groups is 1. The zero-order chi connectivity index (χ0) is 19.7. The van der Waals surface area contributed by atoms with Crippen LogP contribution < -0.4 is 4.90 Å². The Morgan fingerprint density at radius 3 is 2.36 bits per heavy atom. The van der Waals surface area contributed by atoms with E-state index in [0.717, 1.165) is 28.8 Å². The largest absolute Gasteiger partial charge is 0.317 e. The molecular weight excluding hydrogens is 394 g/mol. The fourth-order valence-electron chi connectivity index (χ4n) is 2.88. The van der Waals surface area contributed by atoms with Crippen molar-refractivity contribution in [2.45, 2.75) is 0 Å². The maximum absolute atomic E-state index is 12.5. The van der Waals surface area contributed by atoms with Gasteiger partial charge < -0.3 is 4.57 Å². The van der Waals surface area contributed by atoms with E-state index in [4.69, 9.17) is 12.2 Å². The Morgan fingerprint density at radius 2 is 1.68 bits per heavy atom. The van der Waals surface area contributed by atoms with Gasteiger partial charge in [0.15, 0.2) is 0 Å². The van der Waals surface area contributed by atoms with Gasteiger partial charge in [0.1, 0.15) is 4.99 Å². The maximum Gasteiger partial charge on any atom is 0.296 e. The Hall–Kier alpha value is -3.23. The molecule has 1 aliphatic rings. The molecule has 0 bridgehead atoms. The molecule has 1 aliphatic heterocycles. The van der Waals surface area contributed by atoms with Gasteiger partial charge in [-0.3, -0.25) is 19.8 Å². The van der Waals surface area contributed by atoms with E-state index in [1.54, 1.807) is 12.1 Å². The predicted octanol–water partition coefficient (Wildman–Crippen LogP) is 5.43. The summed E-state index contributed by atoms with van der Waals surface area (Å²) in [6, 6.07) is 19.3. The molecule has 0 aliphatic carbocycles. The zero-order valence-corrected chi connectivity index (χ0v) is 16.0. The minimum absolute atomic E-state index is 0.0347. The second-order valence-corrected chi connectivity index (χ2v) is 7.31. The summed E-state index contributed by atoms with van der Waals surface area (Å²) in [6.45, 7) is 0. The third-order valence-corrected chi connectivity index (χ3v) is 5.63. The van der Waals surface area contributed by atoms with E-state index in [9.17, 15) is 14.9 Å². The molecule has 1 amide bonds. The first-order valence-electron chi connectivity index (χ1n) is 8.30. The molecule has 0 radical (unpaired) electrons. The second-order valence-electron chi connectivity index (χ2n) is 5.93. The average molecular weight is 407 g/mol. The topological polar surface area (TPSA) is 68.4 Å². The molecule has 1 fully saturated rings. The molecule has 8 heteroatoms. The van der Waals surface area contributed by atoms with Crippen LogP contribution >= 0.6 is 24.0 Å². The highest BCUT2D eigenvalue weighted by molar-refractivity contribution is 8.20. The summed E-state index contributed by atoms with van der Waals surface area (Å²) < 4.78 is 1.88. The number of benzene rings is 2. The molecule has 138 valence electrons. The number of hydrogen-bond donors (Lipinski definition) is 0. The lowest BCUT2D eigenvalue weighted by Crippen LogP contribution is -2.26. The molecule has 2 heterocycles. The first kappa shape index (κ1) is 18.1. The first-order valence-corrected chi connectivity index (χ1v) is 9.52. The van der Waals surface area contributed by atoms with Gasteiger partial charge in [-0.15, -0.1) is 0 Å². The molecule has 0 N–H and O–H groups in total. The van der Waals surface area contributed by atoms with Crippen LogP contribution in [0.15, 0.2) is 77.8 Å². The highest BCUT2D eigenvalue weighted by Crippen LogP contribution is 2.36. The number of carbonyl (C=O) groups excluding carboxylic acids is 1. The molecule has 2 aromatic carbocycles. The van der Waals surface area contributed by atoms with Gasteiger partial charge in [-0.05, 0) is 54.2 Å². The van der Waals surface area contributed by atoms with Crippen molar-refractivity contribution in [1.29, 1.82) is 0 Å². The third-order valence-electron chi connectivity index (χ3n) is 4.21. The van der Waals surface area contributed by atoms with E-state index in [1.807, 2.05) is 59.3 Å². The van der Waals surface area contributed by atoms with Crippen LogP contribution in [0, 0.1) is 10.1 Å². The van der Waals surface area contributed by atoms with Crippen LogP contribution in [0.25, 0.3) is 11.8 Å². The Bertz CT molecular complexity index is 1110. The molecule has 4 rings (SSSR count). The van der Waals surface area contributed by atoms with Crippen molar-refractivity contribution in [3.8, 4) is 5.69 Å². The van der Waals surface area contributed by atoms with Gasteiger partial charge >= 0.3 is 0 Å². The Morgan fingerprint density at radius 1 is 0.964 bits per heavy atom. The lowest BCUT2D eigenvalue weighted by Gasteiger charge is -2.14. The van der Waals surface area contributed by atoms with Gasteiger partial charge in [-0.25, -0.2) is 0 Å². The van der Waals surface area contributed by atoms with E-state index >= 15 is 0 Å². The summed E-state index contributed by atoms with van der Waals surface area (Å²) in [5, 5.41) is 10.7. The number of rotatable bonds is 4. The molecule has 0 spiro atoms. The predicted molar refractivity (Wildman–Crippen MR) is 115 cm³/mol. The molecule has 1 saturated heterocycles. The quantitative estimate of drug-likeness (QED) is 0.250. The van der Waals surface area contributed by atoms with Gasteiger partial charge in [-0.1, -0.05) is 30.4 Å². The molecule has 6 nitrogen and oxygen atoms in total. The van der Waals surface area contributed by atoms with Crippen LogP contribution in [0.3, 0.4) is 0 Å². The number of nitrogens with zero attached hydrogens (tertiary/aromatic N) is 3. The summed E-state index contributed by atoms with van der Waals surface area (Å²) in [6.07, 6.45) is 3.71. The number of thiocarbonyl (C=S) groups is 1. The fourth-order valence-corrected chi connectivity index (χ4v) is 4.15. The van der Waals surface area contributed by atoms with Crippen molar-refractivity contribution in [2.75, 3.05) is 4.90 Å². The van der Waals surface area contributed by atoms with E-state index in [1.165, 1.54) is 17.0 Å². The van der Waals surface area contributed by atoms with Crippen LogP contribution in [0.2, 0.25) is 0 Å². The molecular formula is C20H13N3O3S2. The van der Waals surface area contributed by atoms with Crippen molar-refractivity contribution < 1.29 is 9.72 Å². The molecule has 0 atom stereocenters. The van der Waals surface area contributed by atoms with Crippen LogP contribution in [0.1, 0.15) is 5.69 Å². The number of non-ortho nitro benzene ring substituents is 1. The summed E-state index contributed by atoms with van der Waals surface area (Å²) >= 11 is 6.62. The van der Waals surface area contributed by atoms with Crippen molar-refractivity contribution in [2.24, 2.45) is 0 Å². The number of anilines is 1. The summed E-state index contributed by atoms with van der Waals surface area (Å²) in [5.74, 6) is 0. The SMILES string of the molecule is O=C1SC(=Cc2cccn2-c2ccc([N+](=O)[O-])cc2)C(=S)N1c1ccccc1. The zero-order valence-electron chi connectivity index (χ0n) is 14.4. The molecule has 28 heavy (non-hydrogen) atoms. The van der Waals surface area contributed by atoms with E-state index < -0.39 is 4.92 Å². The molecule has 0 unspecified atom stereocenters. The number of thioether (sulfide) groups is 1. The van der Waals surface area contributed by atoms with E-state index in [2.05, 4.69) is 0 Å². The fraction of sp³-hybridized carbons (Fsp3) is 0. The number of nitro benzene ring substituents is 1. The van der Waals surface area contributed by atoms with Crippen LogP contribution in [-0.4, -0.2) is 19.7 Å². The Kier molecular flexibility index (Phi) is 4.81. The summed E-state index contributed by atoms with van der Waals surface area (Å²) in [4.78, 5) is 25.5. The normalized spacial score (nSPS) is 15.4. The second kappa shape index (κ2) is 7.41. The van der Waals surface area contributed by atoms with Crippen molar-refractivity contribution in [3.63, 3.8) is 0 Å². The van der Waals surface area contributed by atoms with Crippen molar-refractivity contribution >= 4 is 51.7 Å². The van der Waals surface area contributed by atoms with Gasteiger partial charge in [0.05, 0.1) is 15.5 Å². The Labute approximate surface area is 170 Å². The number of carbonyl (C=O) groups is 1. The van der Waals surface area contributed by atoms with Crippen LogP contribution in [0.5, 0.6) is 0 Å². The number of amides is 1. The minimum Gasteiger partial charge on any atom is -0.317 e. The van der Waals surface area contributed by atoms with Crippen LogP contribution in [-0.2, 0) is 0 Å². The number of para-hydroxylation sites is 1. The first-order chi connectivity index (χ1) is 13.5. The summed E-state index contributed by atoms with van der Waals surface area (Å²) in [7, 11) is 0. The molecule has 0 saturated carbocycles.